The van der Waals surface area contributed by atoms with Gasteiger partial charge in [0.05, 0.1) is 25.0 Å². The molecule has 1 atom stereocenters. The quantitative estimate of drug-likeness (QED) is 0.852. The highest BCUT2D eigenvalue weighted by Gasteiger charge is 2.11. The first-order chi connectivity index (χ1) is 10.6. The number of amides is 1. The molecule has 0 aliphatic carbocycles. The van der Waals surface area contributed by atoms with E-state index in [1.54, 1.807) is 29.8 Å². The zero-order valence-corrected chi connectivity index (χ0v) is 13.9. The highest BCUT2D eigenvalue weighted by atomic mass is 32.2. The number of ether oxygens (including phenoxy) is 1. The van der Waals surface area contributed by atoms with E-state index in [0.29, 0.717) is 6.42 Å². The number of aromatic nitrogens is 2. The van der Waals surface area contributed by atoms with Gasteiger partial charge in [-0.2, -0.15) is 16.9 Å². The van der Waals surface area contributed by atoms with Crippen LogP contribution in [0.1, 0.15) is 24.9 Å². The summed E-state index contributed by atoms with van der Waals surface area (Å²) in [6.07, 6.45) is 6.25. The van der Waals surface area contributed by atoms with E-state index in [4.69, 9.17) is 4.74 Å². The third-order valence-corrected chi connectivity index (χ3v) is 3.96. The van der Waals surface area contributed by atoms with E-state index in [2.05, 4.69) is 10.4 Å². The van der Waals surface area contributed by atoms with Crippen LogP contribution in [-0.2, 0) is 4.79 Å². The minimum absolute atomic E-state index is 0.0543. The maximum atomic E-state index is 11.8. The van der Waals surface area contributed by atoms with E-state index >= 15 is 0 Å². The molecule has 2 rings (SSSR count). The molecule has 0 saturated heterocycles. The average molecular weight is 319 g/mol. The van der Waals surface area contributed by atoms with Gasteiger partial charge >= 0.3 is 0 Å². The van der Waals surface area contributed by atoms with Crippen LogP contribution in [0.5, 0.6) is 5.75 Å². The van der Waals surface area contributed by atoms with Crippen molar-refractivity contribution in [2.45, 2.75) is 19.4 Å². The molecule has 118 valence electrons. The fraction of sp³-hybridized carbons (Fsp3) is 0.375. The van der Waals surface area contributed by atoms with Crippen LogP contribution in [0.3, 0.4) is 0 Å². The number of carbonyl (C=O) groups excluding carboxylic acids is 1. The maximum absolute atomic E-state index is 11.8. The van der Waals surface area contributed by atoms with Crippen LogP contribution in [0.2, 0.25) is 0 Å². The average Bonchev–Trinajstić information content (AvgIpc) is 3.03. The number of rotatable bonds is 7. The Bertz CT molecular complexity index is 610. The molecule has 0 aliphatic heterocycles. The second kappa shape index (κ2) is 7.89. The zero-order valence-electron chi connectivity index (χ0n) is 13.1. The van der Waals surface area contributed by atoms with Gasteiger partial charge in [-0.15, -0.1) is 0 Å². The van der Waals surface area contributed by atoms with Crippen molar-refractivity contribution in [1.82, 2.24) is 15.1 Å². The Balaban J connectivity index is 2.02. The molecule has 0 bridgehead atoms. The Morgan fingerprint density at radius 1 is 1.41 bits per heavy atom. The van der Waals surface area contributed by atoms with Gasteiger partial charge in [0, 0.05) is 23.9 Å². The lowest BCUT2D eigenvalue weighted by Gasteiger charge is -2.11. The van der Waals surface area contributed by atoms with Crippen LogP contribution in [-0.4, -0.2) is 34.8 Å². The number of carbonyl (C=O) groups is 1. The van der Waals surface area contributed by atoms with Gasteiger partial charge in [0.1, 0.15) is 5.75 Å². The largest absolute Gasteiger partial charge is 0.497 e. The lowest BCUT2D eigenvalue weighted by atomic mass is 10.2. The standard InChI is InChI=1S/C16H21N3O2S/c1-12(18-16(20)8-9-22-3)13-10-17-19(11-13)14-4-6-15(21-2)7-5-14/h4-7,10-12H,8-9H2,1-3H3,(H,18,20)/t12-/m0/s1. The zero-order chi connectivity index (χ0) is 15.9. The smallest absolute Gasteiger partial charge is 0.221 e. The lowest BCUT2D eigenvalue weighted by molar-refractivity contribution is -0.121. The Labute approximate surface area is 135 Å². The number of thioether (sulfide) groups is 1. The lowest BCUT2D eigenvalue weighted by Crippen LogP contribution is -2.26. The fourth-order valence-corrected chi connectivity index (χ4v) is 2.42. The van der Waals surface area contributed by atoms with Crippen molar-refractivity contribution in [3.8, 4) is 11.4 Å². The number of hydrogen-bond acceptors (Lipinski definition) is 4. The summed E-state index contributed by atoms with van der Waals surface area (Å²) in [6.45, 7) is 1.96. The van der Waals surface area contributed by atoms with Crippen LogP contribution in [0.15, 0.2) is 36.7 Å². The fourth-order valence-electron chi connectivity index (χ4n) is 2.03. The molecule has 0 saturated carbocycles. The maximum Gasteiger partial charge on any atom is 0.221 e. The van der Waals surface area contributed by atoms with E-state index in [1.165, 1.54) is 0 Å². The van der Waals surface area contributed by atoms with Crippen LogP contribution >= 0.6 is 11.8 Å². The first-order valence-electron chi connectivity index (χ1n) is 7.11. The predicted molar refractivity (Wildman–Crippen MR) is 89.7 cm³/mol. The van der Waals surface area contributed by atoms with Crippen molar-refractivity contribution in [3.63, 3.8) is 0 Å². The molecular weight excluding hydrogens is 298 g/mol. The van der Waals surface area contributed by atoms with Gasteiger partial charge in [0.25, 0.3) is 0 Å². The summed E-state index contributed by atoms with van der Waals surface area (Å²) < 4.78 is 6.94. The summed E-state index contributed by atoms with van der Waals surface area (Å²) in [5.74, 6) is 1.72. The van der Waals surface area contributed by atoms with Gasteiger partial charge in [0.2, 0.25) is 5.91 Å². The normalized spacial score (nSPS) is 12.0. The molecule has 6 heteroatoms. The van der Waals surface area contributed by atoms with Gasteiger partial charge in [0.15, 0.2) is 0 Å². The number of nitrogens with zero attached hydrogens (tertiary/aromatic N) is 2. The highest BCUT2D eigenvalue weighted by molar-refractivity contribution is 7.98. The summed E-state index contributed by atoms with van der Waals surface area (Å²) >= 11 is 1.67. The molecule has 1 aromatic carbocycles. The molecule has 1 aromatic heterocycles. The molecule has 0 fully saturated rings. The van der Waals surface area contributed by atoms with Crippen molar-refractivity contribution in [3.05, 3.63) is 42.2 Å². The van der Waals surface area contributed by atoms with Crippen LogP contribution in [0, 0.1) is 0 Å². The molecule has 0 radical (unpaired) electrons. The van der Waals surface area contributed by atoms with E-state index in [-0.39, 0.29) is 11.9 Å². The van der Waals surface area contributed by atoms with E-state index in [1.807, 2.05) is 43.6 Å². The summed E-state index contributed by atoms with van der Waals surface area (Å²) in [6, 6.07) is 7.62. The highest BCUT2D eigenvalue weighted by Crippen LogP contribution is 2.17. The molecule has 0 unspecified atom stereocenters. The Kier molecular flexibility index (Phi) is 5.89. The predicted octanol–water partition coefficient (Wildman–Crippen LogP) is 2.81. The summed E-state index contributed by atoms with van der Waals surface area (Å²) in [4.78, 5) is 11.8. The van der Waals surface area contributed by atoms with Crippen molar-refractivity contribution in [2.24, 2.45) is 0 Å². The van der Waals surface area contributed by atoms with Crippen LogP contribution in [0.25, 0.3) is 5.69 Å². The second-order valence-corrected chi connectivity index (χ2v) is 5.93. The number of hydrogen-bond donors (Lipinski definition) is 1. The number of methoxy groups -OCH3 is 1. The summed E-state index contributed by atoms with van der Waals surface area (Å²) in [7, 11) is 1.64. The number of nitrogens with one attached hydrogen (secondary N) is 1. The molecule has 1 heterocycles. The van der Waals surface area contributed by atoms with E-state index in [9.17, 15) is 4.79 Å². The SMILES string of the molecule is COc1ccc(-n2cc([C@H](C)NC(=O)CCSC)cn2)cc1. The Morgan fingerprint density at radius 3 is 2.77 bits per heavy atom. The minimum atomic E-state index is -0.0543. The van der Waals surface area contributed by atoms with Crippen LogP contribution in [0.4, 0.5) is 0 Å². The molecule has 0 aliphatic rings. The Hall–Kier alpha value is -1.95. The van der Waals surface area contributed by atoms with Crippen molar-refractivity contribution >= 4 is 17.7 Å². The minimum Gasteiger partial charge on any atom is -0.497 e. The van der Waals surface area contributed by atoms with Crippen LogP contribution < -0.4 is 10.1 Å². The van der Waals surface area contributed by atoms with Crippen molar-refractivity contribution in [2.75, 3.05) is 19.1 Å². The molecule has 5 nitrogen and oxygen atoms in total. The molecule has 1 amide bonds. The van der Waals surface area contributed by atoms with E-state index < -0.39 is 0 Å². The monoisotopic (exact) mass is 319 g/mol. The van der Waals surface area contributed by atoms with E-state index in [0.717, 1.165) is 22.8 Å². The van der Waals surface area contributed by atoms with Crippen molar-refractivity contribution < 1.29 is 9.53 Å². The first kappa shape index (κ1) is 16.4. The summed E-state index contributed by atoms with van der Waals surface area (Å²) in [5, 5.41) is 7.34. The molecular formula is C16H21N3O2S. The van der Waals surface area contributed by atoms with Gasteiger partial charge < -0.3 is 10.1 Å². The van der Waals surface area contributed by atoms with Gasteiger partial charge in [-0.05, 0) is 37.4 Å². The van der Waals surface area contributed by atoms with Crippen molar-refractivity contribution in [1.29, 1.82) is 0 Å². The molecule has 1 N–H and O–H groups in total. The topological polar surface area (TPSA) is 56.1 Å². The third-order valence-electron chi connectivity index (χ3n) is 3.35. The molecule has 0 spiro atoms. The van der Waals surface area contributed by atoms with Gasteiger partial charge in [-0.3, -0.25) is 4.79 Å². The molecule has 2 aromatic rings. The Morgan fingerprint density at radius 2 is 2.14 bits per heavy atom. The van der Waals surface area contributed by atoms with Gasteiger partial charge in [-0.25, -0.2) is 4.68 Å². The van der Waals surface area contributed by atoms with Gasteiger partial charge in [-0.1, -0.05) is 0 Å². The molecule has 22 heavy (non-hydrogen) atoms. The summed E-state index contributed by atoms with van der Waals surface area (Å²) in [5.41, 5.74) is 1.93. The first-order valence-corrected chi connectivity index (χ1v) is 8.50. The third kappa shape index (κ3) is 4.27. The second-order valence-electron chi connectivity index (χ2n) is 4.95. The number of benzene rings is 1.